The molecule has 3 aromatic carbocycles. The van der Waals surface area contributed by atoms with E-state index < -0.39 is 0 Å². The van der Waals surface area contributed by atoms with Crippen molar-refractivity contribution in [1.82, 2.24) is 0 Å². The van der Waals surface area contributed by atoms with Crippen LogP contribution in [0.5, 0.6) is 0 Å². The lowest BCUT2D eigenvalue weighted by Crippen LogP contribution is -2.08. The zero-order valence-corrected chi connectivity index (χ0v) is 11.2. The number of anilines is 1. The largest absolute Gasteiger partial charge is 0.462 e. The Morgan fingerprint density at radius 2 is 1.75 bits per heavy atom. The van der Waals surface area contributed by atoms with E-state index in [0.717, 1.165) is 21.5 Å². The molecule has 0 amide bonds. The van der Waals surface area contributed by atoms with Crippen LogP contribution < -0.4 is 5.73 Å². The SMILES string of the molecule is CCOC(=O)c1ccc2c(ccc3ccccc32)c1N. The van der Waals surface area contributed by atoms with Gasteiger partial charge in [-0.1, -0.05) is 42.5 Å². The molecule has 0 unspecified atom stereocenters. The Bertz CT molecular complexity index is 809. The van der Waals surface area contributed by atoms with Crippen molar-refractivity contribution in [2.24, 2.45) is 0 Å². The van der Waals surface area contributed by atoms with Gasteiger partial charge in [0.1, 0.15) is 0 Å². The summed E-state index contributed by atoms with van der Waals surface area (Å²) >= 11 is 0. The molecule has 0 aliphatic heterocycles. The van der Waals surface area contributed by atoms with Crippen LogP contribution in [0.4, 0.5) is 5.69 Å². The molecule has 0 saturated heterocycles. The Morgan fingerprint density at radius 3 is 2.55 bits per heavy atom. The molecule has 0 atom stereocenters. The van der Waals surface area contributed by atoms with Crippen molar-refractivity contribution >= 4 is 33.2 Å². The molecule has 0 radical (unpaired) electrons. The Morgan fingerprint density at radius 1 is 1.00 bits per heavy atom. The molecule has 3 rings (SSSR count). The molecule has 3 heteroatoms. The number of esters is 1. The molecule has 100 valence electrons. The van der Waals surface area contributed by atoms with Crippen LogP contribution >= 0.6 is 0 Å². The number of carbonyl (C=O) groups excluding carboxylic acids is 1. The molecule has 2 N–H and O–H groups in total. The van der Waals surface area contributed by atoms with Gasteiger partial charge >= 0.3 is 5.97 Å². The van der Waals surface area contributed by atoms with Gasteiger partial charge in [-0.2, -0.15) is 0 Å². The summed E-state index contributed by atoms with van der Waals surface area (Å²) in [6.07, 6.45) is 0. The van der Waals surface area contributed by atoms with Gasteiger partial charge in [-0.15, -0.1) is 0 Å². The Labute approximate surface area is 117 Å². The number of rotatable bonds is 2. The second-order valence-electron chi connectivity index (χ2n) is 4.63. The zero-order valence-electron chi connectivity index (χ0n) is 11.2. The van der Waals surface area contributed by atoms with Gasteiger partial charge in [-0.3, -0.25) is 0 Å². The van der Waals surface area contributed by atoms with E-state index in [1.54, 1.807) is 13.0 Å². The number of fused-ring (bicyclic) bond motifs is 3. The summed E-state index contributed by atoms with van der Waals surface area (Å²) in [7, 11) is 0. The standard InChI is InChI=1S/C17H15NO2/c1-2-20-17(19)15-10-9-13-12-6-4-3-5-11(12)7-8-14(13)16(15)18/h3-10H,2,18H2,1H3. The molecule has 3 aromatic rings. The summed E-state index contributed by atoms with van der Waals surface area (Å²) in [4.78, 5) is 11.9. The summed E-state index contributed by atoms with van der Waals surface area (Å²) in [5.74, 6) is -0.375. The number of benzene rings is 3. The van der Waals surface area contributed by atoms with E-state index in [9.17, 15) is 4.79 Å². The van der Waals surface area contributed by atoms with Gasteiger partial charge in [-0.05, 0) is 29.1 Å². The lowest BCUT2D eigenvalue weighted by Gasteiger charge is -2.10. The smallest absolute Gasteiger partial charge is 0.340 e. The maximum Gasteiger partial charge on any atom is 0.340 e. The first kappa shape index (κ1) is 12.5. The van der Waals surface area contributed by atoms with Crippen LogP contribution in [0, 0.1) is 0 Å². The number of ether oxygens (including phenoxy) is 1. The maximum absolute atomic E-state index is 11.9. The van der Waals surface area contributed by atoms with E-state index in [1.807, 2.05) is 30.3 Å². The summed E-state index contributed by atoms with van der Waals surface area (Å²) in [6.45, 7) is 2.12. The van der Waals surface area contributed by atoms with Crippen molar-refractivity contribution in [3.8, 4) is 0 Å². The van der Waals surface area contributed by atoms with Crippen molar-refractivity contribution in [3.05, 3.63) is 54.1 Å². The van der Waals surface area contributed by atoms with Gasteiger partial charge in [0.25, 0.3) is 0 Å². The van der Waals surface area contributed by atoms with E-state index >= 15 is 0 Å². The van der Waals surface area contributed by atoms with Gasteiger partial charge < -0.3 is 10.5 Å². The van der Waals surface area contributed by atoms with Crippen molar-refractivity contribution in [2.45, 2.75) is 6.92 Å². The Hall–Kier alpha value is -2.55. The quantitative estimate of drug-likeness (QED) is 0.436. The molecule has 0 aliphatic carbocycles. The number of nitrogens with two attached hydrogens (primary N) is 1. The molecular weight excluding hydrogens is 250 g/mol. The predicted octanol–water partition coefficient (Wildman–Crippen LogP) is 3.75. The number of hydrogen-bond donors (Lipinski definition) is 1. The lowest BCUT2D eigenvalue weighted by molar-refractivity contribution is 0.0528. The summed E-state index contributed by atoms with van der Waals surface area (Å²) in [5.41, 5.74) is 7.04. The molecule has 20 heavy (non-hydrogen) atoms. The third kappa shape index (κ3) is 1.88. The van der Waals surface area contributed by atoms with Crippen molar-refractivity contribution in [1.29, 1.82) is 0 Å². The van der Waals surface area contributed by atoms with Crippen LogP contribution in [-0.2, 0) is 4.74 Å². The highest BCUT2D eigenvalue weighted by atomic mass is 16.5. The molecule has 0 aliphatic rings. The molecule has 0 bridgehead atoms. The average molecular weight is 265 g/mol. The monoisotopic (exact) mass is 265 g/mol. The van der Waals surface area contributed by atoms with E-state index in [0.29, 0.717) is 17.9 Å². The van der Waals surface area contributed by atoms with Crippen molar-refractivity contribution in [3.63, 3.8) is 0 Å². The van der Waals surface area contributed by atoms with E-state index in [4.69, 9.17) is 10.5 Å². The fourth-order valence-electron chi connectivity index (χ4n) is 2.50. The van der Waals surface area contributed by atoms with Gasteiger partial charge in [-0.25, -0.2) is 4.79 Å². The second kappa shape index (κ2) is 4.85. The third-order valence-corrected chi connectivity index (χ3v) is 3.46. The minimum Gasteiger partial charge on any atom is -0.462 e. The van der Waals surface area contributed by atoms with Crippen LogP contribution in [0.3, 0.4) is 0 Å². The van der Waals surface area contributed by atoms with Crippen molar-refractivity contribution in [2.75, 3.05) is 12.3 Å². The number of nitrogen functional groups attached to an aromatic ring is 1. The van der Waals surface area contributed by atoms with Crippen LogP contribution in [0.1, 0.15) is 17.3 Å². The predicted molar refractivity (Wildman–Crippen MR) is 81.8 cm³/mol. The molecule has 0 aromatic heterocycles. The third-order valence-electron chi connectivity index (χ3n) is 3.46. The van der Waals surface area contributed by atoms with E-state index in [-0.39, 0.29) is 5.97 Å². The van der Waals surface area contributed by atoms with Crippen LogP contribution in [0.25, 0.3) is 21.5 Å². The van der Waals surface area contributed by atoms with E-state index in [2.05, 4.69) is 12.1 Å². The van der Waals surface area contributed by atoms with Crippen LogP contribution in [0.2, 0.25) is 0 Å². The van der Waals surface area contributed by atoms with Crippen LogP contribution in [0.15, 0.2) is 48.5 Å². The molecule has 0 heterocycles. The summed E-state index contributed by atoms with van der Waals surface area (Å²) in [6, 6.07) is 15.8. The summed E-state index contributed by atoms with van der Waals surface area (Å²) < 4.78 is 5.03. The molecule has 0 spiro atoms. The maximum atomic E-state index is 11.9. The van der Waals surface area contributed by atoms with Crippen molar-refractivity contribution < 1.29 is 9.53 Å². The Balaban J connectivity index is 2.28. The fourth-order valence-corrected chi connectivity index (χ4v) is 2.50. The van der Waals surface area contributed by atoms with Gasteiger partial charge in [0.2, 0.25) is 0 Å². The van der Waals surface area contributed by atoms with E-state index in [1.165, 1.54) is 0 Å². The topological polar surface area (TPSA) is 52.3 Å². The van der Waals surface area contributed by atoms with Gasteiger partial charge in [0.15, 0.2) is 0 Å². The normalized spacial score (nSPS) is 10.8. The van der Waals surface area contributed by atoms with Gasteiger partial charge in [0, 0.05) is 5.39 Å². The first-order valence-electron chi connectivity index (χ1n) is 6.59. The number of hydrogen-bond acceptors (Lipinski definition) is 3. The zero-order chi connectivity index (χ0) is 14.1. The molecule has 3 nitrogen and oxygen atoms in total. The molecule has 0 saturated carbocycles. The lowest BCUT2D eigenvalue weighted by atomic mass is 9.98. The highest BCUT2D eigenvalue weighted by Gasteiger charge is 2.13. The Kier molecular flexibility index (Phi) is 3.03. The molecule has 0 fully saturated rings. The average Bonchev–Trinajstić information content (AvgIpc) is 2.47. The molecular formula is C17H15NO2. The number of carbonyl (C=O) groups is 1. The highest BCUT2D eigenvalue weighted by molar-refractivity contribution is 6.14. The minimum absolute atomic E-state index is 0.341. The minimum atomic E-state index is -0.375. The second-order valence-corrected chi connectivity index (χ2v) is 4.63. The summed E-state index contributed by atoms with van der Waals surface area (Å²) in [5, 5.41) is 4.22. The fraction of sp³-hybridized carbons (Fsp3) is 0.118. The highest BCUT2D eigenvalue weighted by Crippen LogP contribution is 2.31. The first-order valence-corrected chi connectivity index (χ1v) is 6.59. The first-order chi connectivity index (χ1) is 9.72. The van der Waals surface area contributed by atoms with Crippen LogP contribution in [-0.4, -0.2) is 12.6 Å². The van der Waals surface area contributed by atoms with Gasteiger partial charge in [0.05, 0.1) is 17.9 Å².